The fourth-order valence-corrected chi connectivity index (χ4v) is 3.02. The molecule has 1 fully saturated rings. The van der Waals surface area contributed by atoms with E-state index < -0.39 is 0 Å². The molecule has 26 heavy (non-hydrogen) atoms. The molecule has 6 heteroatoms. The molecule has 1 aliphatic heterocycles. The van der Waals surface area contributed by atoms with Gasteiger partial charge in [0.1, 0.15) is 5.82 Å². The second kappa shape index (κ2) is 8.25. The Morgan fingerprint density at radius 2 is 1.73 bits per heavy atom. The van der Waals surface area contributed by atoms with Crippen molar-refractivity contribution < 1.29 is 9.18 Å². The summed E-state index contributed by atoms with van der Waals surface area (Å²) in [4.78, 5) is 16.3. The van der Waals surface area contributed by atoms with Gasteiger partial charge in [-0.1, -0.05) is 13.8 Å². The largest absolute Gasteiger partial charge is 0.352 e. The van der Waals surface area contributed by atoms with E-state index in [1.54, 1.807) is 12.1 Å². The fraction of sp³-hybridized carbons (Fsp3) is 0.450. The topological polar surface area (TPSA) is 49.3 Å². The number of anilines is 1. The van der Waals surface area contributed by atoms with Gasteiger partial charge in [0.15, 0.2) is 5.82 Å². The molecular weight excluding hydrogens is 331 g/mol. The van der Waals surface area contributed by atoms with Gasteiger partial charge in [-0.25, -0.2) is 4.39 Å². The number of amides is 1. The Balaban J connectivity index is 1.56. The van der Waals surface area contributed by atoms with Crippen LogP contribution in [0.25, 0.3) is 11.3 Å². The third-order valence-electron chi connectivity index (χ3n) is 4.68. The standard InChI is InChI=1S/C20H25FN4O/c1-15(2)3-10-20(26)25-13-11-24(12-14-25)19-9-8-18(22-23-19)16-4-6-17(21)7-5-16/h4-9,15H,3,10-14H2,1-2H3. The number of rotatable bonds is 5. The lowest BCUT2D eigenvalue weighted by Crippen LogP contribution is -2.49. The maximum Gasteiger partial charge on any atom is 0.222 e. The molecule has 138 valence electrons. The van der Waals surface area contributed by atoms with Crippen molar-refractivity contribution >= 4 is 11.7 Å². The zero-order valence-corrected chi connectivity index (χ0v) is 15.4. The Morgan fingerprint density at radius 1 is 1.04 bits per heavy atom. The molecule has 0 unspecified atom stereocenters. The first kappa shape index (κ1) is 18.3. The van der Waals surface area contributed by atoms with E-state index in [0.717, 1.165) is 49.7 Å². The average Bonchev–Trinajstić information content (AvgIpc) is 2.67. The first-order valence-corrected chi connectivity index (χ1v) is 9.15. The molecule has 1 saturated heterocycles. The SMILES string of the molecule is CC(C)CCC(=O)N1CCN(c2ccc(-c3ccc(F)cc3)nn2)CC1. The van der Waals surface area contributed by atoms with E-state index >= 15 is 0 Å². The van der Waals surface area contributed by atoms with E-state index in [1.165, 1.54) is 12.1 Å². The zero-order chi connectivity index (χ0) is 18.5. The van der Waals surface area contributed by atoms with E-state index in [1.807, 2.05) is 17.0 Å². The minimum absolute atomic E-state index is 0.246. The van der Waals surface area contributed by atoms with Crippen LogP contribution in [-0.4, -0.2) is 47.2 Å². The Bertz CT molecular complexity index is 722. The number of aromatic nitrogens is 2. The van der Waals surface area contributed by atoms with Gasteiger partial charge in [-0.15, -0.1) is 10.2 Å². The fourth-order valence-electron chi connectivity index (χ4n) is 3.02. The molecule has 0 bridgehead atoms. The van der Waals surface area contributed by atoms with E-state index in [2.05, 4.69) is 28.9 Å². The van der Waals surface area contributed by atoms with Crippen molar-refractivity contribution in [3.05, 3.63) is 42.2 Å². The Labute approximate surface area is 153 Å². The zero-order valence-electron chi connectivity index (χ0n) is 15.4. The van der Waals surface area contributed by atoms with Crippen LogP contribution in [0, 0.1) is 11.7 Å². The molecule has 0 aliphatic carbocycles. The van der Waals surface area contributed by atoms with Crippen molar-refractivity contribution in [2.45, 2.75) is 26.7 Å². The van der Waals surface area contributed by atoms with Gasteiger partial charge >= 0.3 is 0 Å². The van der Waals surface area contributed by atoms with E-state index in [9.17, 15) is 9.18 Å². The van der Waals surface area contributed by atoms with Crippen LogP contribution in [0.3, 0.4) is 0 Å². The smallest absolute Gasteiger partial charge is 0.222 e. The normalized spacial score (nSPS) is 14.8. The second-order valence-corrected chi connectivity index (χ2v) is 7.08. The molecular formula is C20H25FN4O. The molecule has 0 saturated carbocycles. The summed E-state index contributed by atoms with van der Waals surface area (Å²) < 4.78 is 13.0. The summed E-state index contributed by atoms with van der Waals surface area (Å²) in [7, 11) is 0. The number of nitrogens with zero attached hydrogens (tertiary/aromatic N) is 4. The molecule has 2 aromatic rings. The molecule has 0 radical (unpaired) electrons. The number of carbonyl (C=O) groups is 1. The number of halogens is 1. The van der Waals surface area contributed by atoms with Gasteiger partial charge in [0.25, 0.3) is 0 Å². The van der Waals surface area contributed by atoms with Crippen LogP contribution in [0.2, 0.25) is 0 Å². The van der Waals surface area contributed by atoms with Gasteiger partial charge in [0.05, 0.1) is 5.69 Å². The van der Waals surface area contributed by atoms with Crippen LogP contribution in [0.5, 0.6) is 0 Å². The molecule has 0 N–H and O–H groups in total. The second-order valence-electron chi connectivity index (χ2n) is 7.08. The first-order valence-electron chi connectivity index (χ1n) is 9.15. The Kier molecular flexibility index (Phi) is 5.81. The minimum Gasteiger partial charge on any atom is -0.352 e. The van der Waals surface area contributed by atoms with Gasteiger partial charge < -0.3 is 9.80 Å². The summed E-state index contributed by atoms with van der Waals surface area (Å²) in [5, 5.41) is 8.57. The lowest BCUT2D eigenvalue weighted by atomic mass is 10.1. The minimum atomic E-state index is -0.265. The molecule has 1 aromatic carbocycles. The van der Waals surface area contributed by atoms with E-state index in [0.29, 0.717) is 12.3 Å². The maximum absolute atomic E-state index is 13.0. The van der Waals surface area contributed by atoms with Crippen molar-refractivity contribution in [2.75, 3.05) is 31.1 Å². The number of hydrogen-bond acceptors (Lipinski definition) is 4. The van der Waals surface area contributed by atoms with Crippen molar-refractivity contribution in [2.24, 2.45) is 5.92 Å². The first-order chi connectivity index (χ1) is 12.5. The summed E-state index contributed by atoms with van der Waals surface area (Å²) in [5.41, 5.74) is 1.56. The third-order valence-corrected chi connectivity index (χ3v) is 4.68. The summed E-state index contributed by atoms with van der Waals surface area (Å²) in [6.07, 6.45) is 1.57. The van der Waals surface area contributed by atoms with Crippen molar-refractivity contribution in [1.82, 2.24) is 15.1 Å². The summed E-state index contributed by atoms with van der Waals surface area (Å²) in [6.45, 7) is 7.24. The van der Waals surface area contributed by atoms with Crippen molar-refractivity contribution in [3.8, 4) is 11.3 Å². The van der Waals surface area contributed by atoms with Gasteiger partial charge in [-0.05, 0) is 48.7 Å². The molecule has 1 aromatic heterocycles. The van der Waals surface area contributed by atoms with Crippen LogP contribution in [0.15, 0.2) is 36.4 Å². The molecule has 1 amide bonds. The van der Waals surface area contributed by atoms with Crippen molar-refractivity contribution in [1.29, 1.82) is 0 Å². The molecule has 0 spiro atoms. The van der Waals surface area contributed by atoms with Gasteiger partial charge in [-0.3, -0.25) is 4.79 Å². The lowest BCUT2D eigenvalue weighted by molar-refractivity contribution is -0.131. The number of benzene rings is 1. The number of piperazine rings is 1. The van der Waals surface area contributed by atoms with Gasteiger partial charge in [0.2, 0.25) is 5.91 Å². The number of hydrogen-bond donors (Lipinski definition) is 0. The van der Waals surface area contributed by atoms with Crippen molar-refractivity contribution in [3.63, 3.8) is 0 Å². The molecule has 2 heterocycles. The lowest BCUT2D eigenvalue weighted by Gasteiger charge is -2.35. The van der Waals surface area contributed by atoms with Crippen LogP contribution in [0.1, 0.15) is 26.7 Å². The summed E-state index contributed by atoms with van der Waals surface area (Å²) in [5.74, 6) is 1.34. The summed E-state index contributed by atoms with van der Waals surface area (Å²) in [6, 6.07) is 10.1. The molecule has 0 atom stereocenters. The summed E-state index contributed by atoms with van der Waals surface area (Å²) >= 11 is 0. The molecule has 1 aliphatic rings. The highest BCUT2D eigenvalue weighted by Crippen LogP contribution is 2.20. The highest BCUT2D eigenvalue weighted by molar-refractivity contribution is 5.76. The number of carbonyl (C=O) groups excluding carboxylic acids is 1. The highest BCUT2D eigenvalue weighted by atomic mass is 19.1. The maximum atomic E-state index is 13.0. The van der Waals surface area contributed by atoms with Gasteiger partial charge in [0, 0.05) is 38.2 Å². The monoisotopic (exact) mass is 356 g/mol. The Morgan fingerprint density at radius 3 is 2.31 bits per heavy atom. The van der Waals surface area contributed by atoms with Gasteiger partial charge in [-0.2, -0.15) is 0 Å². The average molecular weight is 356 g/mol. The molecule has 3 rings (SSSR count). The highest BCUT2D eigenvalue weighted by Gasteiger charge is 2.22. The predicted octanol–water partition coefficient (Wildman–Crippen LogP) is 3.37. The van der Waals surface area contributed by atoms with Crippen LogP contribution < -0.4 is 4.90 Å². The van der Waals surface area contributed by atoms with Crippen LogP contribution in [-0.2, 0) is 4.79 Å². The van der Waals surface area contributed by atoms with E-state index in [4.69, 9.17) is 0 Å². The van der Waals surface area contributed by atoms with Crippen LogP contribution >= 0.6 is 0 Å². The van der Waals surface area contributed by atoms with E-state index in [-0.39, 0.29) is 11.7 Å². The predicted molar refractivity (Wildman–Crippen MR) is 100 cm³/mol. The van der Waals surface area contributed by atoms with Crippen LogP contribution in [0.4, 0.5) is 10.2 Å². The molecule has 5 nitrogen and oxygen atoms in total. The Hall–Kier alpha value is -2.50. The quantitative estimate of drug-likeness (QED) is 0.824. The third kappa shape index (κ3) is 4.56.